The highest BCUT2D eigenvalue weighted by Gasteiger charge is 2.19. The molecule has 1 heterocycles. The highest BCUT2D eigenvalue weighted by Crippen LogP contribution is 2.34. The highest BCUT2D eigenvalue weighted by atomic mass is 35.5. The molecule has 1 amide bonds. The number of carbonyl (C=O) groups excluding carboxylic acids is 1. The van der Waals surface area contributed by atoms with Crippen molar-refractivity contribution in [2.24, 2.45) is 5.10 Å². The fourth-order valence-electron chi connectivity index (χ4n) is 4.81. The van der Waals surface area contributed by atoms with E-state index in [0.717, 1.165) is 22.4 Å². The lowest BCUT2D eigenvalue weighted by Gasteiger charge is -2.18. The third-order valence-corrected chi connectivity index (χ3v) is 7.35. The summed E-state index contributed by atoms with van der Waals surface area (Å²) < 4.78 is 26.6. The fraction of sp³-hybridized carbons (Fsp3) is 0.200. The van der Waals surface area contributed by atoms with Crippen LogP contribution in [-0.4, -0.2) is 35.0 Å². The predicted molar refractivity (Wildman–Crippen MR) is 176 cm³/mol. The van der Waals surface area contributed by atoms with Crippen LogP contribution in [0, 0.1) is 12.7 Å². The Kier molecular flexibility index (Phi) is 9.59. The van der Waals surface area contributed by atoms with Gasteiger partial charge in [0.05, 0.1) is 34.4 Å². The lowest BCUT2D eigenvalue weighted by molar-refractivity contribution is -0.118. The van der Waals surface area contributed by atoms with E-state index in [0.29, 0.717) is 28.9 Å². The largest absolute Gasteiger partial charge is 0.494 e. The molecule has 0 unspecified atom stereocenters. The van der Waals surface area contributed by atoms with Crippen LogP contribution in [0.3, 0.4) is 0 Å². The van der Waals surface area contributed by atoms with Crippen LogP contribution >= 0.6 is 11.6 Å². The van der Waals surface area contributed by atoms with Gasteiger partial charge in [-0.25, -0.2) is 9.37 Å². The number of ether oxygens (including phenoxy) is 2. The molecular weight excluding hydrogens is 595 g/mol. The second kappa shape index (κ2) is 13.7. The van der Waals surface area contributed by atoms with Crippen molar-refractivity contribution in [3.05, 3.63) is 117 Å². The Labute approximate surface area is 265 Å². The van der Waals surface area contributed by atoms with Crippen LogP contribution in [0.5, 0.6) is 11.5 Å². The normalized spacial score (nSPS) is 11.4. The fourth-order valence-corrected chi connectivity index (χ4v) is 5.05. The Morgan fingerprint density at radius 2 is 1.80 bits per heavy atom. The molecule has 0 saturated heterocycles. The van der Waals surface area contributed by atoms with Crippen LogP contribution in [0.2, 0.25) is 5.02 Å². The summed E-state index contributed by atoms with van der Waals surface area (Å²) in [6.45, 7) is 8.23. The number of hydrogen-bond acceptors (Lipinski definition) is 6. The van der Waals surface area contributed by atoms with Gasteiger partial charge in [-0.15, -0.1) is 0 Å². The van der Waals surface area contributed by atoms with E-state index in [9.17, 15) is 14.0 Å². The molecule has 0 bridgehead atoms. The number of hydrogen-bond donors (Lipinski definition) is 1. The Morgan fingerprint density at radius 3 is 2.53 bits per heavy atom. The molecule has 0 spiro atoms. The van der Waals surface area contributed by atoms with E-state index < -0.39 is 11.7 Å². The smallest absolute Gasteiger partial charge is 0.282 e. The second-order valence-electron chi connectivity index (χ2n) is 10.6. The molecule has 0 aliphatic rings. The number of nitrogens with one attached hydrogen (secondary N) is 1. The molecule has 4 aromatic carbocycles. The number of para-hydroxylation sites is 2. The summed E-state index contributed by atoms with van der Waals surface area (Å²) in [7, 11) is 0. The monoisotopic (exact) mass is 626 g/mol. The molecule has 1 aromatic heterocycles. The summed E-state index contributed by atoms with van der Waals surface area (Å²) in [6, 6.07) is 21.9. The van der Waals surface area contributed by atoms with Crippen molar-refractivity contribution >= 4 is 40.3 Å². The van der Waals surface area contributed by atoms with Crippen molar-refractivity contribution in [3.63, 3.8) is 0 Å². The minimum absolute atomic E-state index is 0.0578. The maximum absolute atomic E-state index is 13.8. The summed E-state index contributed by atoms with van der Waals surface area (Å²) in [5.41, 5.74) is 3.53. The first-order chi connectivity index (χ1) is 21.7. The van der Waals surface area contributed by atoms with E-state index in [4.69, 9.17) is 26.1 Å². The molecule has 0 aliphatic carbocycles. The van der Waals surface area contributed by atoms with Crippen molar-refractivity contribution in [2.75, 3.05) is 18.5 Å². The molecule has 0 aliphatic heterocycles. The Bertz CT molecular complexity index is 1970. The predicted octanol–water partition coefficient (Wildman–Crippen LogP) is 7.59. The van der Waals surface area contributed by atoms with Crippen LogP contribution in [0.1, 0.15) is 43.4 Å². The topological polar surface area (TPSA) is 94.8 Å². The van der Waals surface area contributed by atoms with Gasteiger partial charge in [-0.05, 0) is 91.1 Å². The third-order valence-electron chi connectivity index (χ3n) is 7.06. The van der Waals surface area contributed by atoms with E-state index in [2.05, 4.69) is 24.3 Å². The number of benzene rings is 4. The molecule has 5 rings (SSSR count). The van der Waals surface area contributed by atoms with Gasteiger partial charge in [0, 0.05) is 5.56 Å². The first-order valence-electron chi connectivity index (χ1n) is 14.5. The van der Waals surface area contributed by atoms with Crippen LogP contribution in [0.15, 0.2) is 88.8 Å². The van der Waals surface area contributed by atoms with Crippen LogP contribution in [0.4, 0.5) is 10.1 Å². The Hall–Kier alpha value is -5.02. The van der Waals surface area contributed by atoms with Crippen molar-refractivity contribution in [3.8, 4) is 22.9 Å². The van der Waals surface area contributed by atoms with Gasteiger partial charge in [-0.1, -0.05) is 49.7 Å². The number of nitrogens with zero attached hydrogens (tertiary/aromatic N) is 3. The van der Waals surface area contributed by atoms with Gasteiger partial charge in [0.2, 0.25) is 0 Å². The summed E-state index contributed by atoms with van der Waals surface area (Å²) in [5, 5.41) is 7.68. The Morgan fingerprint density at radius 1 is 1.04 bits per heavy atom. The average Bonchev–Trinajstić information content (AvgIpc) is 3.01. The van der Waals surface area contributed by atoms with Gasteiger partial charge in [-0.3, -0.25) is 9.59 Å². The number of rotatable bonds is 10. The molecule has 1 N–H and O–H groups in total. The number of carbonyl (C=O) groups is 1. The van der Waals surface area contributed by atoms with Gasteiger partial charge < -0.3 is 14.8 Å². The first kappa shape index (κ1) is 31.4. The SMILES string of the molecule is CCOc1cc(C)c(-c2nc3ccccc3c(=O)n2N=Cc2ccc(OCC(=O)Nc3ccccc3F)c(Cl)c2)cc1C(C)C. The molecule has 0 atom stereocenters. The molecular formula is C35H32ClFN4O4. The molecule has 8 nitrogen and oxygen atoms in total. The standard InChI is InChI=1S/C35H32ClFN4O4/c1-5-44-32-16-22(4)26(18-25(32)21(2)3)34-40-29-12-8-6-10-24(29)35(43)41(34)38-19-23-14-15-31(27(36)17-23)45-20-33(42)39-30-13-9-7-11-28(30)37/h6-19,21H,5,20H2,1-4H3,(H,39,42). The molecule has 10 heteroatoms. The van der Waals surface area contributed by atoms with E-state index in [1.807, 2.05) is 32.0 Å². The lowest BCUT2D eigenvalue weighted by atomic mass is 9.96. The van der Waals surface area contributed by atoms with E-state index in [1.54, 1.807) is 42.5 Å². The number of aryl methyl sites for hydroxylation is 1. The number of halogens is 2. The van der Waals surface area contributed by atoms with Crippen molar-refractivity contribution in [1.82, 2.24) is 9.66 Å². The van der Waals surface area contributed by atoms with E-state index in [-0.39, 0.29) is 34.5 Å². The van der Waals surface area contributed by atoms with Crippen molar-refractivity contribution in [1.29, 1.82) is 0 Å². The minimum Gasteiger partial charge on any atom is -0.494 e. The van der Waals surface area contributed by atoms with Crippen LogP contribution in [0.25, 0.3) is 22.3 Å². The van der Waals surface area contributed by atoms with Crippen molar-refractivity contribution < 1.29 is 18.7 Å². The van der Waals surface area contributed by atoms with Gasteiger partial charge in [0.1, 0.15) is 17.3 Å². The minimum atomic E-state index is -0.547. The van der Waals surface area contributed by atoms with Gasteiger partial charge >= 0.3 is 0 Å². The first-order valence-corrected chi connectivity index (χ1v) is 14.8. The maximum atomic E-state index is 13.8. The van der Waals surface area contributed by atoms with Gasteiger partial charge in [-0.2, -0.15) is 9.78 Å². The summed E-state index contributed by atoms with van der Waals surface area (Å²) >= 11 is 6.45. The zero-order valence-electron chi connectivity index (χ0n) is 25.3. The van der Waals surface area contributed by atoms with E-state index in [1.165, 1.54) is 29.1 Å². The summed E-state index contributed by atoms with van der Waals surface area (Å²) in [6.07, 6.45) is 1.51. The number of anilines is 1. The summed E-state index contributed by atoms with van der Waals surface area (Å²) in [4.78, 5) is 30.9. The number of aromatic nitrogens is 2. The molecule has 0 saturated carbocycles. The van der Waals surface area contributed by atoms with Gasteiger partial charge in [0.15, 0.2) is 12.4 Å². The molecule has 230 valence electrons. The quantitative estimate of drug-likeness (QED) is 0.161. The van der Waals surface area contributed by atoms with Gasteiger partial charge in [0.25, 0.3) is 11.5 Å². The second-order valence-corrected chi connectivity index (χ2v) is 11.0. The maximum Gasteiger partial charge on any atom is 0.282 e. The number of fused-ring (bicyclic) bond motifs is 1. The zero-order valence-corrected chi connectivity index (χ0v) is 26.1. The molecule has 0 fully saturated rings. The molecule has 0 radical (unpaired) electrons. The molecule has 5 aromatic rings. The Balaban J connectivity index is 1.46. The van der Waals surface area contributed by atoms with Crippen LogP contribution in [-0.2, 0) is 4.79 Å². The lowest BCUT2D eigenvalue weighted by Crippen LogP contribution is -2.21. The van der Waals surface area contributed by atoms with Crippen molar-refractivity contribution in [2.45, 2.75) is 33.6 Å². The highest BCUT2D eigenvalue weighted by molar-refractivity contribution is 6.32. The molecule has 45 heavy (non-hydrogen) atoms. The zero-order chi connectivity index (χ0) is 32.1. The number of amides is 1. The average molecular weight is 627 g/mol. The van der Waals surface area contributed by atoms with Crippen LogP contribution < -0.4 is 20.3 Å². The third kappa shape index (κ3) is 7.05. The van der Waals surface area contributed by atoms with E-state index >= 15 is 0 Å². The summed E-state index contributed by atoms with van der Waals surface area (Å²) in [5.74, 6) is 0.535.